The molecule has 0 bridgehead atoms. The van der Waals surface area contributed by atoms with Gasteiger partial charge in [0.1, 0.15) is 5.69 Å². The molecule has 0 unspecified atom stereocenters. The second-order valence-corrected chi connectivity index (χ2v) is 4.34. The summed E-state index contributed by atoms with van der Waals surface area (Å²) in [5.41, 5.74) is 14.9. The van der Waals surface area contributed by atoms with Crippen LogP contribution in [0, 0.1) is 0 Å². The SMILES string of the molecule is Nc1cnc(-c2nccc(-c3ccccc3)n2)c(N)c1. The number of pyridine rings is 1. The van der Waals surface area contributed by atoms with E-state index in [1.54, 1.807) is 18.5 Å². The van der Waals surface area contributed by atoms with E-state index in [-0.39, 0.29) is 0 Å². The van der Waals surface area contributed by atoms with E-state index in [1.165, 1.54) is 0 Å². The van der Waals surface area contributed by atoms with Crippen LogP contribution in [0.15, 0.2) is 54.9 Å². The van der Waals surface area contributed by atoms with Crippen LogP contribution in [-0.4, -0.2) is 15.0 Å². The number of nitrogens with zero attached hydrogens (tertiary/aromatic N) is 3. The summed E-state index contributed by atoms with van der Waals surface area (Å²) in [6.07, 6.45) is 3.24. The Hall–Kier alpha value is -2.95. The van der Waals surface area contributed by atoms with Crippen molar-refractivity contribution in [3.63, 3.8) is 0 Å². The molecule has 0 amide bonds. The van der Waals surface area contributed by atoms with Gasteiger partial charge in [-0.3, -0.25) is 0 Å². The van der Waals surface area contributed by atoms with Crippen LogP contribution in [0.4, 0.5) is 11.4 Å². The molecule has 4 N–H and O–H groups in total. The first kappa shape index (κ1) is 12.1. The van der Waals surface area contributed by atoms with Gasteiger partial charge in [0, 0.05) is 11.8 Å². The average Bonchev–Trinajstić information content (AvgIpc) is 2.48. The number of rotatable bonds is 2. The highest BCUT2D eigenvalue weighted by Crippen LogP contribution is 2.24. The Bertz CT molecular complexity index is 740. The lowest BCUT2D eigenvalue weighted by molar-refractivity contribution is 1.15. The Kier molecular flexibility index (Phi) is 3.01. The topological polar surface area (TPSA) is 90.7 Å². The van der Waals surface area contributed by atoms with Gasteiger partial charge in [0.15, 0.2) is 5.82 Å². The van der Waals surface area contributed by atoms with Crippen LogP contribution in [-0.2, 0) is 0 Å². The zero-order valence-electron chi connectivity index (χ0n) is 10.7. The first-order valence-corrected chi connectivity index (χ1v) is 6.14. The molecule has 20 heavy (non-hydrogen) atoms. The van der Waals surface area contributed by atoms with E-state index in [4.69, 9.17) is 11.5 Å². The minimum atomic E-state index is 0.468. The van der Waals surface area contributed by atoms with Gasteiger partial charge in [-0.25, -0.2) is 15.0 Å². The van der Waals surface area contributed by atoms with Gasteiger partial charge in [-0.15, -0.1) is 0 Å². The van der Waals surface area contributed by atoms with Gasteiger partial charge in [0.05, 0.1) is 23.3 Å². The summed E-state index contributed by atoms with van der Waals surface area (Å²) in [7, 11) is 0. The zero-order valence-corrected chi connectivity index (χ0v) is 10.7. The van der Waals surface area contributed by atoms with Crippen LogP contribution in [0.25, 0.3) is 22.8 Å². The third kappa shape index (κ3) is 2.29. The number of nitrogen functional groups attached to an aromatic ring is 2. The summed E-state index contributed by atoms with van der Waals surface area (Å²) in [4.78, 5) is 12.9. The standard InChI is InChI=1S/C15H13N5/c16-11-8-12(17)14(19-9-11)15-18-7-6-13(20-15)10-4-2-1-3-5-10/h1-9H,16-17H2. The molecule has 98 valence electrons. The Morgan fingerprint density at radius 1 is 0.900 bits per heavy atom. The minimum absolute atomic E-state index is 0.468. The maximum absolute atomic E-state index is 5.92. The van der Waals surface area contributed by atoms with Crippen molar-refractivity contribution in [3.8, 4) is 22.8 Å². The predicted octanol–water partition coefficient (Wildman–Crippen LogP) is 2.37. The summed E-state index contributed by atoms with van der Waals surface area (Å²) >= 11 is 0. The Balaban J connectivity index is 2.08. The highest BCUT2D eigenvalue weighted by Gasteiger charge is 2.09. The van der Waals surface area contributed by atoms with Gasteiger partial charge in [0.2, 0.25) is 0 Å². The summed E-state index contributed by atoms with van der Waals surface area (Å²) in [6, 6.07) is 13.4. The number of hydrogen-bond donors (Lipinski definition) is 2. The van der Waals surface area contributed by atoms with E-state index in [9.17, 15) is 0 Å². The molecule has 2 heterocycles. The van der Waals surface area contributed by atoms with E-state index < -0.39 is 0 Å². The molecule has 0 aliphatic carbocycles. The van der Waals surface area contributed by atoms with Gasteiger partial charge < -0.3 is 11.5 Å². The Morgan fingerprint density at radius 2 is 1.70 bits per heavy atom. The van der Waals surface area contributed by atoms with Crippen molar-refractivity contribution >= 4 is 11.4 Å². The van der Waals surface area contributed by atoms with E-state index in [1.807, 2.05) is 36.4 Å². The summed E-state index contributed by atoms with van der Waals surface area (Å²) in [5.74, 6) is 0.490. The van der Waals surface area contributed by atoms with Crippen LogP contribution in [0.3, 0.4) is 0 Å². The molecule has 1 aromatic carbocycles. The second-order valence-electron chi connectivity index (χ2n) is 4.34. The zero-order chi connectivity index (χ0) is 13.9. The van der Waals surface area contributed by atoms with E-state index in [0.29, 0.717) is 22.9 Å². The molecule has 0 aliphatic rings. The molecular weight excluding hydrogens is 250 g/mol. The lowest BCUT2D eigenvalue weighted by Gasteiger charge is -2.06. The van der Waals surface area contributed by atoms with E-state index >= 15 is 0 Å². The average molecular weight is 263 g/mol. The van der Waals surface area contributed by atoms with Crippen molar-refractivity contribution in [3.05, 3.63) is 54.9 Å². The van der Waals surface area contributed by atoms with Gasteiger partial charge in [-0.1, -0.05) is 30.3 Å². The summed E-state index contributed by atoms with van der Waals surface area (Å²) in [6.45, 7) is 0. The molecule has 0 fully saturated rings. The van der Waals surface area contributed by atoms with E-state index in [0.717, 1.165) is 11.3 Å². The van der Waals surface area contributed by atoms with Gasteiger partial charge >= 0.3 is 0 Å². The minimum Gasteiger partial charge on any atom is -0.397 e. The third-order valence-corrected chi connectivity index (χ3v) is 2.88. The third-order valence-electron chi connectivity index (χ3n) is 2.88. The van der Waals surface area contributed by atoms with Gasteiger partial charge in [-0.05, 0) is 12.1 Å². The molecule has 0 saturated carbocycles. The molecule has 3 rings (SSSR count). The number of aromatic nitrogens is 3. The molecule has 5 heteroatoms. The largest absolute Gasteiger partial charge is 0.397 e. The van der Waals surface area contributed by atoms with Crippen LogP contribution in [0.2, 0.25) is 0 Å². The van der Waals surface area contributed by atoms with Crippen molar-refractivity contribution in [2.75, 3.05) is 11.5 Å². The van der Waals surface area contributed by atoms with Crippen molar-refractivity contribution in [1.82, 2.24) is 15.0 Å². The quantitative estimate of drug-likeness (QED) is 0.740. The summed E-state index contributed by atoms with van der Waals surface area (Å²) < 4.78 is 0. The van der Waals surface area contributed by atoms with Gasteiger partial charge in [-0.2, -0.15) is 0 Å². The molecular formula is C15H13N5. The molecule has 0 aliphatic heterocycles. The van der Waals surface area contributed by atoms with Crippen molar-refractivity contribution in [1.29, 1.82) is 0 Å². The molecule has 0 spiro atoms. The maximum Gasteiger partial charge on any atom is 0.180 e. The molecule has 5 nitrogen and oxygen atoms in total. The Morgan fingerprint density at radius 3 is 2.45 bits per heavy atom. The molecule has 0 saturated heterocycles. The molecule has 3 aromatic rings. The first-order chi connectivity index (χ1) is 9.74. The molecule has 0 atom stereocenters. The fourth-order valence-electron chi connectivity index (χ4n) is 1.93. The number of nitrogens with two attached hydrogens (primary N) is 2. The van der Waals surface area contributed by atoms with Crippen molar-refractivity contribution in [2.24, 2.45) is 0 Å². The molecule has 0 radical (unpaired) electrons. The van der Waals surface area contributed by atoms with Crippen LogP contribution in [0.1, 0.15) is 0 Å². The number of hydrogen-bond acceptors (Lipinski definition) is 5. The predicted molar refractivity (Wildman–Crippen MR) is 79.5 cm³/mol. The Labute approximate surface area is 116 Å². The monoisotopic (exact) mass is 263 g/mol. The molecule has 2 aromatic heterocycles. The highest BCUT2D eigenvalue weighted by molar-refractivity contribution is 5.71. The number of benzene rings is 1. The maximum atomic E-state index is 5.92. The number of anilines is 2. The summed E-state index contributed by atoms with van der Waals surface area (Å²) in [5, 5.41) is 0. The second kappa shape index (κ2) is 4.97. The van der Waals surface area contributed by atoms with Gasteiger partial charge in [0.25, 0.3) is 0 Å². The first-order valence-electron chi connectivity index (χ1n) is 6.14. The highest BCUT2D eigenvalue weighted by atomic mass is 14.9. The van der Waals surface area contributed by atoms with E-state index in [2.05, 4.69) is 15.0 Å². The van der Waals surface area contributed by atoms with Crippen LogP contribution >= 0.6 is 0 Å². The van der Waals surface area contributed by atoms with Crippen LogP contribution < -0.4 is 11.5 Å². The van der Waals surface area contributed by atoms with Crippen molar-refractivity contribution < 1.29 is 0 Å². The fraction of sp³-hybridized carbons (Fsp3) is 0. The smallest absolute Gasteiger partial charge is 0.180 e. The van der Waals surface area contributed by atoms with Crippen LogP contribution in [0.5, 0.6) is 0 Å². The lowest BCUT2D eigenvalue weighted by atomic mass is 10.1. The van der Waals surface area contributed by atoms with Crippen molar-refractivity contribution in [2.45, 2.75) is 0 Å². The normalized spacial score (nSPS) is 10.4. The lowest BCUT2D eigenvalue weighted by Crippen LogP contribution is -2.00. The fourth-order valence-corrected chi connectivity index (χ4v) is 1.93.